The van der Waals surface area contributed by atoms with Gasteiger partial charge in [-0.2, -0.15) is 0 Å². The Morgan fingerprint density at radius 2 is 2.25 bits per heavy atom. The van der Waals surface area contributed by atoms with Crippen molar-refractivity contribution >= 4 is 49.7 Å². The van der Waals surface area contributed by atoms with Crippen molar-refractivity contribution in [3.05, 3.63) is 43.5 Å². The topological polar surface area (TPSA) is 75.3 Å². The number of nitrogens with zero attached hydrogens (tertiary/aromatic N) is 1. The first kappa shape index (κ1) is 13.3. The van der Waals surface area contributed by atoms with Crippen molar-refractivity contribution in [2.75, 3.05) is 17.7 Å². The van der Waals surface area contributed by atoms with Crippen LogP contribution in [0.3, 0.4) is 0 Å². The molecule has 0 aliphatic rings. The average Bonchev–Trinajstić information content (AvgIpc) is 2.93. The van der Waals surface area contributed by atoms with E-state index in [2.05, 4.69) is 32.4 Å². The quantitative estimate of drug-likeness (QED) is 0.709. The van der Waals surface area contributed by atoms with Crippen molar-refractivity contribution in [3.63, 3.8) is 0 Å². The number of nitrogen functional groups attached to an aromatic ring is 1. The zero-order valence-corrected chi connectivity index (χ0v) is 13.0. The van der Waals surface area contributed by atoms with E-state index in [1.54, 1.807) is 17.4 Å². The summed E-state index contributed by atoms with van der Waals surface area (Å²) in [4.78, 5) is 15.9. The van der Waals surface area contributed by atoms with Crippen LogP contribution in [0.4, 0.5) is 11.4 Å². The number of rotatable bonds is 3. The maximum atomic E-state index is 11.2. The van der Waals surface area contributed by atoms with Crippen LogP contribution in [0, 0.1) is 0 Å². The van der Waals surface area contributed by atoms with E-state index in [0.29, 0.717) is 16.8 Å². The molecule has 0 aliphatic carbocycles. The number of oxazole rings is 1. The largest absolute Gasteiger partial charge is 0.417 e. The number of halogens is 1. The number of aromatic nitrogens is 1. The summed E-state index contributed by atoms with van der Waals surface area (Å²) in [6.07, 6.45) is 0. The summed E-state index contributed by atoms with van der Waals surface area (Å²) in [7, 11) is 1.96. The second-order valence-corrected chi connectivity index (χ2v) is 6.83. The van der Waals surface area contributed by atoms with Gasteiger partial charge in [-0.15, -0.1) is 11.3 Å². The number of fused-ring (bicyclic) bond motifs is 1. The standard InChI is InChI=1S/C13H12BrN3O2S/c1-17(5-7-2-12(14)20-6-7)10-4-9-11(3-8(10)15)19-13(18)16-9/h2-4,6H,5,15H2,1H3,(H,16,18). The van der Waals surface area contributed by atoms with E-state index in [0.717, 1.165) is 16.0 Å². The molecule has 0 unspecified atom stereocenters. The molecule has 3 N–H and O–H groups in total. The Morgan fingerprint density at radius 1 is 1.45 bits per heavy atom. The third-order valence-electron chi connectivity index (χ3n) is 3.02. The molecule has 0 bridgehead atoms. The molecule has 0 fully saturated rings. The zero-order valence-electron chi connectivity index (χ0n) is 10.6. The molecule has 0 saturated carbocycles. The van der Waals surface area contributed by atoms with Crippen LogP contribution in [0.5, 0.6) is 0 Å². The van der Waals surface area contributed by atoms with Gasteiger partial charge in [-0.25, -0.2) is 4.79 Å². The molecule has 7 heteroatoms. The molecule has 0 atom stereocenters. The molecular weight excluding hydrogens is 342 g/mol. The Kier molecular flexibility index (Phi) is 3.31. The number of nitrogens with two attached hydrogens (primary N) is 1. The van der Waals surface area contributed by atoms with Gasteiger partial charge in [-0.3, -0.25) is 4.98 Å². The molecule has 0 spiro atoms. The van der Waals surface area contributed by atoms with Crippen LogP contribution in [-0.4, -0.2) is 12.0 Å². The zero-order chi connectivity index (χ0) is 14.3. The Labute approximate surface area is 127 Å². The minimum Gasteiger partial charge on any atom is -0.408 e. The van der Waals surface area contributed by atoms with E-state index in [1.165, 1.54) is 5.56 Å². The lowest BCUT2D eigenvalue weighted by atomic mass is 10.2. The van der Waals surface area contributed by atoms with E-state index in [4.69, 9.17) is 10.2 Å². The molecule has 3 rings (SSSR count). The highest BCUT2D eigenvalue weighted by molar-refractivity contribution is 9.11. The smallest absolute Gasteiger partial charge is 0.408 e. The molecule has 0 radical (unpaired) electrons. The van der Waals surface area contributed by atoms with Gasteiger partial charge >= 0.3 is 5.76 Å². The van der Waals surface area contributed by atoms with Crippen LogP contribution in [0.1, 0.15) is 5.56 Å². The Hall–Kier alpha value is -1.73. The molecule has 3 aromatic rings. The molecule has 0 saturated heterocycles. The summed E-state index contributed by atoms with van der Waals surface area (Å²) in [5.74, 6) is -0.471. The summed E-state index contributed by atoms with van der Waals surface area (Å²) < 4.78 is 6.09. The van der Waals surface area contributed by atoms with Crippen molar-refractivity contribution in [1.29, 1.82) is 0 Å². The van der Waals surface area contributed by atoms with Crippen LogP contribution in [0.15, 0.2) is 36.6 Å². The number of H-pyrrole nitrogens is 1. The number of benzene rings is 1. The molecular formula is C13H12BrN3O2S. The van der Waals surface area contributed by atoms with E-state index < -0.39 is 5.76 Å². The molecule has 104 valence electrons. The molecule has 2 heterocycles. The van der Waals surface area contributed by atoms with Crippen molar-refractivity contribution < 1.29 is 4.42 Å². The van der Waals surface area contributed by atoms with E-state index in [9.17, 15) is 4.79 Å². The Morgan fingerprint density at radius 3 is 2.95 bits per heavy atom. The number of anilines is 2. The maximum absolute atomic E-state index is 11.2. The number of thiophene rings is 1. The van der Waals surface area contributed by atoms with Gasteiger partial charge in [0, 0.05) is 19.7 Å². The second-order valence-electron chi connectivity index (χ2n) is 4.54. The molecule has 1 aromatic carbocycles. The fourth-order valence-corrected chi connectivity index (χ4v) is 3.32. The van der Waals surface area contributed by atoms with Crippen molar-refractivity contribution in [2.45, 2.75) is 6.54 Å². The SMILES string of the molecule is CN(Cc1csc(Br)c1)c1cc2[nH]c(=O)oc2cc1N. The number of hydrogen-bond donors (Lipinski definition) is 2. The summed E-state index contributed by atoms with van der Waals surface area (Å²) >= 11 is 5.10. The predicted molar refractivity (Wildman–Crippen MR) is 85.4 cm³/mol. The van der Waals surface area contributed by atoms with Crippen molar-refractivity contribution in [1.82, 2.24) is 4.98 Å². The molecule has 0 aliphatic heterocycles. The fraction of sp³-hybridized carbons (Fsp3) is 0.154. The summed E-state index contributed by atoms with van der Waals surface area (Å²) in [5.41, 5.74) is 9.79. The van der Waals surface area contributed by atoms with Crippen LogP contribution in [0.25, 0.3) is 11.1 Å². The Bertz CT molecular complexity index is 820. The van der Waals surface area contributed by atoms with Gasteiger partial charge < -0.3 is 15.1 Å². The van der Waals surface area contributed by atoms with Gasteiger partial charge in [-0.05, 0) is 39.0 Å². The fourth-order valence-electron chi connectivity index (χ4n) is 2.12. The lowest BCUT2D eigenvalue weighted by Crippen LogP contribution is -2.17. The van der Waals surface area contributed by atoms with Gasteiger partial charge in [0.25, 0.3) is 0 Å². The third-order valence-corrected chi connectivity index (χ3v) is 4.57. The Balaban J connectivity index is 1.95. The van der Waals surface area contributed by atoms with E-state index in [-0.39, 0.29) is 0 Å². The maximum Gasteiger partial charge on any atom is 0.417 e. The molecule has 2 aromatic heterocycles. The van der Waals surface area contributed by atoms with Gasteiger partial charge in [0.05, 0.1) is 20.7 Å². The first-order valence-electron chi connectivity index (χ1n) is 5.89. The van der Waals surface area contributed by atoms with Gasteiger partial charge in [-0.1, -0.05) is 0 Å². The van der Waals surface area contributed by atoms with Crippen LogP contribution in [0.2, 0.25) is 0 Å². The lowest BCUT2D eigenvalue weighted by molar-refractivity contribution is 0.555. The first-order chi connectivity index (χ1) is 9.52. The van der Waals surface area contributed by atoms with Crippen LogP contribution < -0.4 is 16.4 Å². The van der Waals surface area contributed by atoms with Crippen molar-refractivity contribution in [3.8, 4) is 0 Å². The minimum absolute atomic E-state index is 0.471. The second kappa shape index (κ2) is 4.99. The molecule has 5 nitrogen and oxygen atoms in total. The van der Waals surface area contributed by atoms with Gasteiger partial charge in [0.1, 0.15) is 0 Å². The number of hydrogen-bond acceptors (Lipinski definition) is 5. The monoisotopic (exact) mass is 353 g/mol. The van der Waals surface area contributed by atoms with Crippen molar-refractivity contribution in [2.24, 2.45) is 0 Å². The van der Waals surface area contributed by atoms with E-state index in [1.807, 2.05) is 18.0 Å². The predicted octanol–water partition coefficient (Wildman–Crippen LogP) is 3.16. The normalized spacial score (nSPS) is 11.1. The highest BCUT2D eigenvalue weighted by Crippen LogP contribution is 2.29. The van der Waals surface area contributed by atoms with Crippen LogP contribution >= 0.6 is 27.3 Å². The lowest BCUT2D eigenvalue weighted by Gasteiger charge is -2.20. The van der Waals surface area contributed by atoms with Gasteiger partial charge in [0.2, 0.25) is 0 Å². The molecule has 0 amide bonds. The molecule has 20 heavy (non-hydrogen) atoms. The minimum atomic E-state index is -0.471. The third kappa shape index (κ3) is 2.46. The first-order valence-corrected chi connectivity index (χ1v) is 7.56. The number of nitrogens with one attached hydrogen (secondary N) is 1. The van der Waals surface area contributed by atoms with E-state index >= 15 is 0 Å². The number of aromatic amines is 1. The summed E-state index contributed by atoms with van der Waals surface area (Å²) in [6.45, 7) is 0.736. The highest BCUT2D eigenvalue weighted by atomic mass is 79.9. The summed E-state index contributed by atoms with van der Waals surface area (Å²) in [5, 5.41) is 2.09. The van der Waals surface area contributed by atoms with Crippen LogP contribution in [-0.2, 0) is 6.54 Å². The summed E-state index contributed by atoms with van der Waals surface area (Å²) in [6, 6.07) is 5.58. The van der Waals surface area contributed by atoms with Gasteiger partial charge in [0.15, 0.2) is 5.58 Å². The average molecular weight is 354 g/mol. The highest BCUT2D eigenvalue weighted by Gasteiger charge is 2.11.